The Morgan fingerprint density at radius 1 is 1.36 bits per heavy atom. The zero-order valence-electron chi connectivity index (χ0n) is 13.7. The third-order valence-electron chi connectivity index (χ3n) is 5.03. The molecule has 6 heteroatoms. The van der Waals surface area contributed by atoms with Crippen molar-refractivity contribution in [1.82, 2.24) is 15.0 Å². The Balaban J connectivity index is 1.61. The van der Waals surface area contributed by atoms with Gasteiger partial charge >= 0.3 is 0 Å². The summed E-state index contributed by atoms with van der Waals surface area (Å²) in [6, 6.07) is 0. The Hall–Kier alpha value is -1.40. The summed E-state index contributed by atoms with van der Waals surface area (Å²) in [5.41, 5.74) is 1.78. The van der Waals surface area contributed by atoms with Gasteiger partial charge in [0.15, 0.2) is 0 Å². The number of aromatic nitrogens is 1. The maximum atomic E-state index is 12.7. The molecule has 6 nitrogen and oxygen atoms in total. The Labute approximate surface area is 131 Å². The topological polar surface area (TPSA) is 58.8 Å². The van der Waals surface area contributed by atoms with E-state index in [1.807, 2.05) is 18.7 Å². The number of carbonyl (C=O) groups excluding carboxylic acids is 1. The van der Waals surface area contributed by atoms with E-state index in [0.717, 1.165) is 62.6 Å². The lowest BCUT2D eigenvalue weighted by Gasteiger charge is -2.53. The van der Waals surface area contributed by atoms with Crippen LogP contribution in [0.1, 0.15) is 29.9 Å². The molecule has 1 spiro atoms. The Bertz CT molecular complexity index is 537. The predicted octanol–water partition coefficient (Wildman–Crippen LogP) is 1.36. The van der Waals surface area contributed by atoms with E-state index in [-0.39, 0.29) is 11.3 Å². The van der Waals surface area contributed by atoms with Crippen LogP contribution in [0.2, 0.25) is 0 Å². The number of carbonyl (C=O) groups is 1. The maximum Gasteiger partial charge on any atom is 0.232 e. The SMILES string of the molecule is COCCN1CCC[C@]2(C1)CN(Cc1c(C)noc1C)C2=O. The maximum absolute atomic E-state index is 12.7. The Kier molecular flexibility index (Phi) is 4.23. The van der Waals surface area contributed by atoms with Crippen molar-refractivity contribution in [3.05, 3.63) is 17.0 Å². The van der Waals surface area contributed by atoms with Gasteiger partial charge in [-0.25, -0.2) is 0 Å². The van der Waals surface area contributed by atoms with Crippen LogP contribution in [0.5, 0.6) is 0 Å². The smallest absolute Gasteiger partial charge is 0.232 e. The molecule has 0 aromatic carbocycles. The van der Waals surface area contributed by atoms with Gasteiger partial charge in [0.05, 0.1) is 24.3 Å². The summed E-state index contributed by atoms with van der Waals surface area (Å²) in [4.78, 5) is 17.0. The van der Waals surface area contributed by atoms with Crippen LogP contribution in [0.15, 0.2) is 4.52 Å². The summed E-state index contributed by atoms with van der Waals surface area (Å²) in [6.07, 6.45) is 2.10. The van der Waals surface area contributed by atoms with E-state index < -0.39 is 0 Å². The first-order chi connectivity index (χ1) is 10.6. The summed E-state index contributed by atoms with van der Waals surface area (Å²) < 4.78 is 10.3. The van der Waals surface area contributed by atoms with Crippen molar-refractivity contribution >= 4 is 5.91 Å². The number of amides is 1. The summed E-state index contributed by atoms with van der Waals surface area (Å²) in [5.74, 6) is 1.10. The minimum Gasteiger partial charge on any atom is -0.383 e. The quantitative estimate of drug-likeness (QED) is 0.769. The van der Waals surface area contributed by atoms with Gasteiger partial charge in [0, 0.05) is 32.3 Å². The van der Waals surface area contributed by atoms with Gasteiger partial charge in [0.25, 0.3) is 0 Å². The highest BCUT2D eigenvalue weighted by Crippen LogP contribution is 2.41. The van der Waals surface area contributed by atoms with Crippen LogP contribution in [0.4, 0.5) is 0 Å². The van der Waals surface area contributed by atoms with Gasteiger partial charge in [-0.3, -0.25) is 9.69 Å². The average Bonchev–Trinajstić information content (AvgIpc) is 2.84. The number of nitrogens with zero attached hydrogens (tertiary/aromatic N) is 3. The largest absolute Gasteiger partial charge is 0.383 e. The molecule has 2 aliphatic heterocycles. The van der Waals surface area contributed by atoms with E-state index in [9.17, 15) is 4.79 Å². The van der Waals surface area contributed by atoms with Crippen molar-refractivity contribution in [1.29, 1.82) is 0 Å². The zero-order valence-corrected chi connectivity index (χ0v) is 13.7. The molecule has 3 rings (SSSR count). The molecule has 3 heterocycles. The molecular formula is C16H25N3O3. The van der Waals surface area contributed by atoms with E-state index in [2.05, 4.69) is 10.1 Å². The van der Waals surface area contributed by atoms with Crippen LogP contribution < -0.4 is 0 Å². The first kappa shape index (κ1) is 15.5. The highest BCUT2D eigenvalue weighted by molar-refractivity contribution is 5.89. The molecule has 2 aliphatic rings. The molecule has 122 valence electrons. The highest BCUT2D eigenvalue weighted by Gasteiger charge is 2.53. The van der Waals surface area contributed by atoms with Crippen molar-refractivity contribution in [2.24, 2.45) is 5.41 Å². The lowest BCUT2D eigenvalue weighted by atomic mass is 9.72. The Morgan fingerprint density at radius 3 is 2.82 bits per heavy atom. The van der Waals surface area contributed by atoms with Gasteiger partial charge in [-0.2, -0.15) is 0 Å². The molecule has 1 amide bonds. The molecule has 0 saturated carbocycles. The standard InChI is InChI=1S/C16H25N3O3/c1-12-14(13(2)22-17-12)9-19-11-16(15(19)20)5-4-6-18(10-16)7-8-21-3/h4-11H2,1-3H3/t16-/m0/s1. The fourth-order valence-corrected chi connectivity index (χ4v) is 3.74. The van der Waals surface area contributed by atoms with E-state index >= 15 is 0 Å². The molecule has 0 bridgehead atoms. The van der Waals surface area contributed by atoms with Crippen LogP contribution in [0.25, 0.3) is 0 Å². The molecule has 22 heavy (non-hydrogen) atoms. The lowest BCUT2D eigenvalue weighted by molar-refractivity contribution is -0.167. The van der Waals surface area contributed by atoms with Gasteiger partial charge in [-0.05, 0) is 33.2 Å². The summed E-state index contributed by atoms with van der Waals surface area (Å²) in [5, 5.41) is 3.97. The first-order valence-electron chi connectivity index (χ1n) is 7.98. The van der Waals surface area contributed by atoms with E-state index in [4.69, 9.17) is 9.26 Å². The van der Waals surface area contributed by atoms with E-state index in [0.29, 0.717) is 6.54 Å². The molecule has 0 N–H and O–H groups in total. The summed E-state index contributed by atoms with van der Waals surface area (Å²) >= 11 is 0. The highest BCUT2D eigenvalue weighted by atomic mass is 16.5. The summed E-state index contributed by atoms with van der Waals surface area (Å²) in [6.45, 7) is 8.89. The van der Waals surface area contributed by atoms with Crippen LogP contribution in [0, 0.1) is 19.3 Å². The van der Waals surface area contributed by atoms with Crippen molar-refractivity contribution < 1.29 is 14.1 Å². The number of hydrogen-bond acceptors (Lipinski definition) is 5. The predicted molar refractivity (Wildman–Crippen MR) is 81.4 cm³/mol. The second-order valence-electron chi connectivity index (χ2n) is 6.62. The van der Waals surface area contributed by atoms with Gasteiger partial charge in [-0.15, -0.1) is 0 Å². The molecule has 2 fully saturated rings. The minimum absolute atomic E-state index is 0.162. The number of aryl methyl sites for hydroxylation is 2. The van der Waals surface area contributed by atoms with Crippen LogP contribution in [-0.4, -0.2) is 60.8 Å². The van der Waals surface area contributed by atoms with Crippen LogP contribution in [0.3, 0.4) is 0 Å². The average molecular weight is 307 g/mol. The first-order valence-corrected chi connectivity index (χ1v) is 7.98. The van der Waals surface area contributed by atoms with E-state index in [1.54, 1.807) is 7.11 Å². The normalized spacial score (nSPS) is 25.8. The van der Waals surface area contributed by atoms with E-state index in [1.165, 1.54) is 0 Å². The van der Waals surface area contributed by atoms with Gasteiger partial charge in [0.1, 0.15) is 5.76 Å². The zero-order chi connectivity index (χ0) is 15.7. The Morgan fingerprint density at radius 2 is 2.18 bits per heavy atom. The van der Waals surface area contributed by atoms with Crippen molar-refractivity contribution in [3.63, 3.8) is 0 Å². The number of likely N-dealkylation sites (tertiary alicyclic amines) is 2. The van der Waals surface area contributed by atoms with Crippen molar-refractivity contribution in [2.45, 2.75) is 33.2 Å². The number of hydrogen-bond donors (Lipinski definition) is 0. The molecule has 1 aromatic rings. The second-order valence-corrected chi connectivity index (χ2v) is 6.62. The fourth-order valence-electron chi connectivity index (χ4n) is 3.74. The minimum atomic E-state index is -0.162. The number of ether oxygens (including phenoxy) is 1. The van der Waals surface area contributed by atoms with Crippen molar-refractivity contribution in [3.8, 4) is 0 Å². The molecule has 1 aromatic heterocycles. The summed E-state index contributed by atoms with van der Waals surface area (Å²) in [7, 11) is 1.72. The second kappa shape index (κ2) is 6.01. The van der Waals surface area contributed by atoms with Crippen LogP contribution in [-0.2, 0) is 16.1 Å². The monoisotopic (exact) mass is 307 g/mol. The third kappa shape index (κ3) is 2.65. The molecular weight excluding hydrogens is 282 g/mol. The van der Waals surface area contributed by atoms with Gasteiger partial charge < -0.3 is 14.2 Å². The number of β-lactam (4-membered cyclic amide) rings is 1. The number of methoxy groups -OCH3 is 1. The molecule has 1 atom stereocenters. The molecule has 0 radical (unpaired) electrons. The molecule has 0 unspecified atom stereocenters. The fraction of sp³-hybridized carbons (Fsp3) is 0.750. The van der Waals surface area contributed by atoms with Gasteiger partial charge in [0.2, 0.25) is 5.91 Å². The van der Waals surface area contributed by atoms with Gasteiger partial charge in [-0.1, -0.05) is 5.16 Å². The molecule has 0 aliphatic carbocycles. The number of piperidine rings is 1. The number of rotatable bonds is 5. The van der Waals surface area contributed by atoms with Crippen LogP contribution >= 0.6 is 0 Å². The molecule has 2 saturated heterocycles. The third-order valence-corrected chi connectivity index (χ3v) is 5.03. The lowest BCUT2D eigenvalue weighted by Crippen LogP contribution is -2.66. The van der Waals surface area contributed by atoms with Crippen molar-refractivity contribution in [2.75, 3.05) is 39.9 Å².